The van der Waals surface area contributed by atoms with Crippen molar-refractivity contribution in [1.29, 1.82) is 0 Å². The van der Waals surface area contributed by atoms with Crippen molar-refractivity contribution in [3.63, 3.8) is 0 Å². The maximum atomic E-state index is 11.2. The fourth-order valence-electron chi connectivity index (χ4n) is 2.74. The number of nitrogens with zero attached hydrogens (tertiary/aromatic N) is 2. The molecule has 0 radical (unpaired) electrons. The summed E-state index contributed by atoms with van der Waals surface area (Å²) in [6.45, 7) is 4.94. The summed E-state index contributed by atoms with van der Waals surface area (Å²) in [7, 11) is 0. The Morgan fingerprint density at radius 3 is 2.95 bits per heavy atom. The summed E-state index contributed by atoms with van der Waals surface area (Å²) in [6, 6.07) is 6.04. The van der Waals surface area contributed by atoms with Crippen LogP contribution >= 0.6 is 12.2 Å². The minimum atomic E-state index is 0. The lowest BCUT2D eigenvalue weighted by Crippen LogP contribution is -2.27. The molecule has 2 rings (SSSR count). The Labute approximate surface area is 139 Å². The second-order valence-corrected chi connectivity index (χ2v) is 5.98. The number of aliphatic imine (C=N–C) groups is 1. The van der Waals surface area contributed by atoms with Crippen LogP contribution in [0.1, 0.15) is 45.7 Å². The van der Waals surface area contributed by atoms with Crippen LogP contribution in [0.2, 0.25) is 0 Å². The Kier molecular flexibility index (Phi) is 6.01. The molecule has 0 fully saturated rings. The molecule has 0 saturated heterocycles. The first-order chi connectivity index (χ1) is 10.7. The molecular weight excluding hydrogens is 292 g/mol. The van der Waals surface area contributed by atoms with Gasteiger partial charge in [-0.05, 0) is 25.0 Å². The first-order valence-electron chi connectivity index (χ1n) is 7.77. The van der Waals surface area contributed by atoms with E-state index in [-0.39, 0.29) is 1.43 Å². The van der Waals surface area contributed by atoms with E-state index in [0.29, 0.717) is 0 Å². The van der Waals surface area contributed by atoms with Crippen LogP contribution in [0.25, 0.3) is 5.70 Å². The average molecular weight is 316 g/mol. The van der Waals surface area contributed by atoms with Gasteiger partial charge in [-0.25, -0.2) is 0 Å². The standard InChI is InChI=1S/C18H22N2OS.H2/c1-3-4-5-12-20(14(2)22)18(10-13-21)16-7-6-8-17-15(16)9-11-19-17;/h6-8,10-11,13H,3-5,9,12H2,1-2H3;1H/b18-10-;. The summed E-state index contributed by atoms with van der Waals surface area (Å²) < 4.78 is 0. The summed E-state index contributed by atoms with van der Waals surface area (Å²) in [4.78, 5) is 18.4. The molecule has 1 aliphatic rings. The minimum absolute atomic E-state index is 0. The van der Waals surface area contributed by atoms with Crippen molar-refractivity contribution in [1.82, 2.24) is 4.90 Å². The molecule has 1 aromatic carbocycles. The second kappa shape index (κ2) is 7.99. The smallest absolute Gasteiger partial charge is 0.144 e. The lowest BCUT2D eigenvalue weighted by atomic mass is 10.00. The van der Waals surface area contributed by atoms with Crippen LogP contribution in [0, 0.1) is 0 Å². The highest BCUT2D eigenvalue weighted by Gasteiger charge is 2.19. The topological polar surface area (TPSA) is 32.7 Å². The molecule has 0 saturated carbocycles. The van der Waals surface area contributed by atoms with Crippen LogP contribution in [0.3, 0.4) is 0 Å². The fraction of sp³-hybridized carbons (Fsp3) is 0.389. The lowest BCUT2D eigenvalue weighted by Gasteiger charge is -2.27. The zero-order valence-electron chi connectivity index (χ0n) is 13.2. The molecule has 1 aromatic rings. The van der Waals surface area contributed by atoms with Crippen molar-refractivity contribution in [2.24, 2.45) is 4.99 Å². The Morgan fingerprint density at radius 1 is 1.45 bits per heavy atom. The number of hydrogen-bond donors (Lipinski definition) is 0. The summed E-state index contributed by atoms with van der Waals surface area (Å²) in [6.07, 6.45) is 8.56. The number of thiocarbonyl (C=S) groups is 1. The third kappa shape index (κ3) is 3.69. The van der Waals surface area contributed by atoms with E-state index in [2.05, 4.69) is 16.8 Å². The SMILES string of the molecule is CCCCCN(C(C)=S)/C(=C\C=O)c1cccc2c1CC=N2.[HH]. The Morgan fingerprint density at radius 2 is 2.27 bits per heavy atom. The zero-order chi connectivity index (χ0) is 15.9. The van der Waals surface area contributed by atoms with Crippen LogP contribution in [0.15, 0.2) is 29.3 Å². The van der Waals surface area contributed by atoms with Gasteiger partial charge in [0.05, 0.1) is 16.4 Å². The predicted octanol–water partition coefficient (Wildman–Crippen LogP) is 4.57. The number of hydrogen-bond acceptors (Lipinski definition) is 3. The first kappa shape index (κ1) is 16.6. The molecule has 22 heavy (non-hydrogen) atoms. The molecule has 118 valence electrons. The molecule has 0 unspecified atom stereocenters. The van der Waals surface area contributed by atoms with Crippen LogP contribution in [-0.4, -0.2) is 28.9 Å². The molecule has 4 heteroatoms. The van der Waals surface area contributed by atoms with Crippen LogP contribution in [0.4, 0.5) is 5.69 Å². The molecule has 1 aliphatic heterocycles. The number of fused-ring (bicyclic) bond motifs is 1. The van der Waals surface area contributed by atoms with E-state index in [9.17, 15) is 4.79 Å². The number of carbonyl (C=O) groups is 1. The summed E-state index contributed by atoms with van der Waals surface area (Å²) in [5.41, 5.74) is 4.11. The van der Waals surface area contributed by atoms with Gasteiger partial charge in [0.2, 0.25) is 0 Å². The van der Waals surface area contributed by atoms with Gasteiger partial charge < -0.3 is 4.90 Å². The molecule has 0 bridgehead atoms. The van der Waals surface area contributed by atoms with Crippen LogP contribution in [0.5, 0.6) is 0 Å². The number of benzene rings is 1. The summed E-state index contributed by atoms with van der Waals surface area (Å²) in [5.74, 6) is 0. The second-order valence-electron chi connectivity index (χ2n) is 5.38. The van der Waals surface area contributed by atoms with Gasteiger partial charge in [0.1, 0.15) is 6.29 Å². The van der Waals surface area contributed by atoms with Gasteiger partial charge in [-0.3, -0.25) is 9.79 Å². The number of unbranched alkanes of at least 4 members (excludes halogenated alkanes) is 2. The van der Waals surface area contributed by atoms with E-state index in [1.807, 2.05) is 31.3 Å². The van der Waals surface area contributed by atoms with E-state index in [1.54, 1.807) is 6.08 Å². The summed E-state index contributed by atoms with van der Waals surface area (Å²) in [5, 5.41) is 0. The normalized spacial score (nSPS) is 13.1. The first-order valence-corrected chi connectivity index (χ1v) is 8.18. The Balaban J connectivity index is 0.00000264. The maximum absolute atomic E-state index is 11.2. The largest absolute Gasteiger partial charge is 0.336 e. The molecular formula is C18H24N2OS. The number of carbonyl (C=O) groups excluding carboxylic acids is 1. The number of rotatable bonds is 7. The van der Waals surface area contributed by atoms with Gasteiger partial charge in [0.15, 0.2) is 0 Å². The van der Waals surface area contributed by atoms with Gasteiger partial charge in [-0.1, -0.05) is 44.1 Å². The minimum Gasteiger partial charge on any atom is -0.336 e. The summed E-state index contributed by atoms with van der Waals surface area (Å²) >= 11 is 5.42. The van der Waals surface area contributed by atoms with Crippen molar-refractivity contribution in [2.75, 3.05) is 6.54 Å². The molecule has 0 atom stereocenters. The molecule has 1 heterocycles. The maximum Gasteiger partial charge on any atom is 0.144 e. The van der Waals surface area contributed by atoms with Crippen molar-refractivity contribution >= 4 is 41.1 Å². The average Bonchev–Trinajstić information content (AvgIpc) is 2.98. The lowest BCUT2D eigenvalue weighted by molar-refractivity contribution is -0.104. The molecule has 3 nitrogen and oxygen atoms in total. The van der Waals surface area contributed by atoms with E-state index in [1.165, 1.54) is 5.56 Å². The van der Waals surface area contributed by atoms with Gasteiger partial charge in [0, 0.05) is 32.2 Å². The van der Waals surface area contributed by atoms with E-state index in [4.69, 9.17) is 12.2 Å². The third-order valence-electron chi connectivity index (χ3n) is 3.84. The predicted molar refractivity (Wildman–Crippen MR) is 99.0 cm³/mol. The number of aldehydes is 1. The van der Waals surface area contributed by atoms with Crippen molar-refractivity contribution < 1.29 is 6.22 Å². The van der Waals surface area contributed by atoms with Crippen molar-refractivity contribution in [2.45, 2.75) is 39.5 Å². The van der Waals surface area contributed by atoms with E-state index in [0.717, 1.165) is 60.5 Å². The highest BCUT2D eigenvalue weighted by molar-refractivity contribution is 7.80. The molecule has 0 spiro atoms. The van der Waals surface area contributed by atoms with Gasteiger partial charge in [-0.15, -0.1) is 0 Å². The highest BCUT2D eigenvalue weighted by Crippen LogP contribution is 2.33. The monoisotopic (exact) mass is 316 g/mol. The quantitative estimate of drug-likeness (QED) is 0.320. The zero-order valence-corrected chi connectivity index (χ0v) is 14.0. The number of allylic oxidation sites excluding steroid dienone is 1. The van der Waals surface area contributed by atoms with Crippen LogP contribution in [-0.2, 0) is 11.2 Å². The van der Waals surface area contributed by atoms with Gasteiger partial charge in [0.25, 0.3) is 0 Å². The Hall–Kier alpha value is -1.81. The van der Waals surface area contributed by atoms with Crippen LogP contribution < -0.4 is 0 Å². The molecule has 0 aliphatic carbocycles. The van der Waals surface area contributed by atoms with Crippen molar-refractivity contribution in [3.8, 4) is 0 Å². The highest BCUT2D eigenvalue weighted by atomic mass is 32.1. The van der Waals surface area contributed by atoms with E-state index < -0.39 is 0 Å². The molecule has 0 aromatic heterocycles. The fourth-order valence-corrected chi connectivity index (χ4v) is 2.93. The van der Waals surface area contributed by atoms with Gasteiger partial charge >= 0.3 is 0 Å². The molecule has 0 amide bonds. The molecule has 0 N–H and O–H groups in total. The Bertz CT molecular complexity index is 625. The van der Waals surface area contributed by atoms with E-state index >= 15 is 0 Å². The third-order valence-corrected chi connectivity index (χ3v) is 4.06. The van der Waals surface area contributed by atoms with Crippen molar-refractivity contribution in [3.05, 3.63) is 35.4 Å². The van der Waals surface area contributed by atoms with Gasteiger partial charge in [-0.2, -0.15) is 0 Å².